The number of nitrogens with one attached hydrogen (secondary N) is 1. The van der Waals surface area contributed by atoms with Crippen LogP contribution in [0.4, 0.5) is 0 Å². The lowest BCUT2D eigenvalue weighted by Gasteiger charge is -2.38. The molecule has 1 N–H and O–H groups in total. The van der Waals surface area contributed by atoms with Gasteiger partial charge < -0.3 is 9.73 Å². The van der Waals surface area contributed by atoms with Crippen LogP contribution in [0.25, 0.3) is 0 Å². The van der Waals surface area contributed by atoms with Gasteiger partial charge in [-0.3, -0.25) is 4.90 Å². The van der Waals surface area contributed by atoms with E-state index in [4.69, 9.17) is 4.42 Å². The highest BCUT2D eigenvalue weighted by atomic mass is 16.4. The van der Waals surface area contributed by atoms with Crippen molar-refractivity contribution in [2.24, 2.45) is 0 Å². The van der Waals surface area contributed by atoms with Crippen LogP contribution in [0.2, 0.25) is 0 Å². The van der Waals surface area contributed by atoms with Crippen molar-refractivity contribution < 1.29 is 4.42 Å². The Morgan fingerprint density at radius 3 is 2.47 bits per heavy atom. The first kappa shape index (κ1) is 12.6. The Bertz CT molecular complexity index is 359. The lowest BCUT2D eigenvalue weighted by Crippen LogP contribution is -2.49. The third kappa shape index (κ3) is 2.87. The Labute approximate surface area is 103 Å². The van der Waals surface area contributed by atoms with Crippen LogP contribution in [0, 0.1) is 13.8 Å². The van der Waals surface area contributed by atoms with Crippen LogP contribution in [0.15, 0.2) is 4.42 Å². The molecule has 2 rings (SSSR count). The SMILES string of the molecule is CNC1(C)CCN(Cc2nc(C)c(C)o2)CC1. The highest BCUT2D eigenvalue weighted by molar-refractivity contribution is 5.05. The first-order chi connectivity index (χ1) is 8.02. The van der Waals surface area contributed by atoms with Crippen LogP contribution >= 0.6 is 0 Å². The molecule has 4 nitrogen and oxygen atoms in total. The van der Waals surface area contributed by atoms with E-state index in [0.29, 0.717) is 5.54 Å². The van der Waals surface area contributed by atoms with Gasteiger partial charge >= 0.3 is 0 Å². The van der Waals surface area contributed by atoms with Crippen molar-refractivity contribution in [2.75, 3.05) is 20.1 Å². The van der Waals surface area contributed by atoms with E-state index in [0.717, 1.165) is 37.0 Å². The number of aromatic nitrogens is 1. The Kier molecular flexibility index (Phi) is 3.54. The fourth-order valence-electron chi connectivity index (χ4n) is 2.25. The van der Waals surface area contributed by atoms with E-state index in [1.54, 1.807) is 0 Å². The molecule has 0 amide bonds. The van der Waals surface area contributed by atoms with Gasteiger partial charge in [0.2, 0.25) is 5.89 Å². The van der Waals surface area contributed by atoms with Gasteiger partial charge in [0.25, 0.3) is 0 Å². The lowest BCUT2D eigenvalue weighted by molar-refractivity contribution is 0.136. The molecule has 0 atom stereocenters. The molecule has 0 unspecified atom stereocenters. The predicted molar refractivity (Wildman–Crippen MR) is 68.0 cm³/mol. The summed E-state index contributed by atoms with van der Waals surface area (Å²) in [5.41, 5.74) is 1.32. The number of hydrogen-bond acceptors (Lipinski definition) is 4. The van der Waals surface area contributed by atoms with Crippen molar-refractivity contribution in [3.8, 4) is 0 Å². The monoisotopic (exact) mass is 237 g/mol. The summed E-state index contributed by atoms with van der Waals surface area (Å²) < 4.78 is 5.63. The van der Waals surface area contributed by atoms with E-state index in [1.807, 2.05) is 13.8 Å². The standard InChI is InChI=1S/C13H23N3O/c1-10-11(2)17-12(15-10)9-16-7-5-13(3,14-4)6-8-16/h14H,5-9H2,1-4H3. The van der Waals surface area contributed by atoms with Crippen LogP contribution < -0.4 is 5.32 Å². The number of oxazole rings is 1. The molecule has 0 spiro atoms. The summed E-state index contributed by atoms with van der Waals surface area (Å²) in [6.45, 7) is 9.32. The number of likely N-dealkylation sites (tertiary alicyclic amines) is 1. The largest absolute Gasteiger partial charge is 0.444 e. The number of nitrogens with zero attached hydrogens (tertiary/aromatic N) is 2. The summed E-state index contributed by atoms with van der Waals surface area (Å²) in [5.74, 6) is 1.80. The maximum atomic E-state index is 5.63. The van der Waals surface area contributed by atoms with Crippen molar-refractivity contribution in [3.05, 3.63) is 17.3 Å². The zero-order valence-corrected chi connectivity index (χ0v) is 11.3. The van der Waals surface area contributed by atoms with Crippen molar-refractivity contribution in [1.29, 1.82) is 0 Å². The molecule has 96 valence electrons. The van der Waals surface area contributed by atoms with Gasteiger partial charge in [0.15, 0.2) is 0 Å². The average Bonchev–Trinajstić information content (AvgIpc) is 2.62. The van der Waals surface area contributed by atoms with E-state index in [-0.39, 0.29) is 0 Å². The summed E-state index contributed by atoms with van der Waals surface area (Å²) >= 11 is 0. The first-order valence-electron chi connectivity index (χ1n) is 6.36. The summed E-state index contributed by atoms with van der Waals surface area (Å²) in [5, 5.41) is 3.41. The first-order valence-corrected chi connectivity index (χ1v) is 6.36. The molecule has 1 aromatic heterocycles. The van der Waals surface area contributed by atoms with Crippen molar-refractivity contribution in [3.63, 3.8) is 0 Å². The minimum absolute atomic E-state index is 0.304. The highest BCUT2D eigenvalue weighted by Crippen LogP contribution is 2.22. The van der Waals surface area contributed by atoms with Crippen LogP contribution in [0.3, 0.4) is 0 Å². The lowest BCUT2D eigenvalue weighted by atomic mass is 9.90. The van der Waals surface area contributed by atoms with Crippen molar-refractivity contribution >= 4 is 0 Å². The summed E-state index contributed by atoms with van der Waals surface area (Å²) in [7, 11) is 2.05. The number of hydrogen-bond donors (Lipinski definition) is 1. The quantitative estimate of drug-likeness (QED) is 0.871. The summed E-state index contributed by atoms with van der Waals surface area (Å²) in [6.07, 6.45) is 2.37. The summed E-state index contributed by atoms with van der Waals surface area (Å²) in [6, 6.07) is 0. The van der Waals surface area contributed by atoms with Gasteiger partial charge in [-0.05, 0) is 40.7 Å². The van der Waals surface area contributed by atoms with Gasteiger partial charge in [-0.25, -0.2) is 4.98 Å². The van der Waals surface area contributed by atoms with Gasteiger partial charge in [-0.2, -0.15) is 0 Å². The molecular formula is C13H23N3O. The maximum absolute atomic E-state index is 5.63. The Balaban J connectivity index is 1.90. The minimum Gasteiger partial charge on any atom is -0.444 e. The average molecular weight is 237 g/mol. The molecule has 0 aromatic carbocycles. The molecule has 1 fully saturated rings. The van der Waals surface area contributed by atoms with Gasteiger partial charge in [0, 0.05) is 18.6 Å². The van der Waals surface area contributed by atoms with E-state index in [9.17, 15) is 0 Å². The van der Waals surface area contributed by atoms with Crippen LogP contribution in [0.5, 0.6) is 0 Å². The summed E-state index contributed by atoms with van der Waals surface area (Å²) in [4.78, 5) is 6.86. The molecule has 1 saturated heterocycles. The molecular weight excluding hydrogens is 214 g/mol. The second-order valence-electron chi connectivity index (χ2n) is 5.34. The zero-order chi connectivity index (χ0) is 12.5. The number of piperidine rings is 1. The Morgan fingerprint density at radius 2 is 2.00 bits per heavy atom. The normalized spacial score (nSPS) is 20.7. The van der Waals surface area contributed by atoms with Gasteiger partial charge in [0.1, 0.15) is 5.76 Å². The molecule has 0 saturated carbocycles. The topological polar surface area (TPSA) is 41.3 Å². The Hall–Kier alpha value is -0.870. The smallest absolute Gasteiger partial charge is 0.208 e. The van der Waals surface area contributed by atoms with Gasteiger partial charge in [-0.15, -0.1) is 0 Å². The second kappa shape index (κ2) is 4.78. The minimum atomic E-state index is 0.304. The maximum Gasteiger partial charge on any atom is 0.208 e. The van der Waals surface area contributed by atoms with E-state index in [1.165, 1.54) is 12.8 Å². The van der Waals surface area contributed by atoms with Gasteiger partial charge in [0.05, 0.1) is 12.2 Å². The number of aryl methyl sites for hydroxylation is 2. The van der Waals surface area contributed by atoms with Crippen LogP contribution in [0.1, 0.15) is 37.1 Å². The molecule has 1 aromatic rings. The molecule has 4 heteroatoms. The predicted octanol–water partition coefficient (Wildman–Crippen LogP) is 1.87. The fourth-order valence-corrected chi connectivity index (χ4v) is 2.25. The number of rotatable bonds is 3. The van der Waals surface area contributed by atoms with Crippen molar-refractivity contribution in [2.45, 2.75) is 45.7 Å². The second-order valence-corrected chi connectivity index (χ2v) is 5.34. The molecule has 17 heavy (non-hydrogen) atoms. The molecule has 1 aliphatic heterocycles. The molecule has 0 radical (unpaired) electrons. The van der Waals surface area contributed by atoms with Crippen LogP contribution in [-0.4, -0.2) is 35.6 Å². The van der Waals surface area contributed by atoms with Crippen LogP contribution in [-0.2, 0) is 6.54 Å². The molecule has 0 bridgehead atoms. The molecule has 1 aliphatic rings. The third-order valence-corrected chi connectivity index (χ3v) is 3.99. The van der Waals surface area contributed by atoms with Crippen molar-refractivity contribution in [1.82, 2.24) is 15.2 Å². The van der Waals surface area contributed by atoms with Gasteiger partial charge in [-0.1, -0.05) is 0 Å². The zero-order valence-electron chi connectivity index (χ0n) is 11.3. The van der Waals surface area contributed by atoms with E-state index >= 15 is 0 Å². The van der Waals surface area contributed by atoms with E-state index in [2.05, 4.69) is 29.2 Å². The third-order valence-electron chi connectivity index (χ3n) is 3.99. The fraction of sp³-hybridized carbons (Fsp3) is 0.769. The Morgan fingerprint density at radius 1 is 1.35 bits per heavy atom. The molecule has 0 aliphatic carbocycles. The highest BCUT2D eigenvalue weighted by Gasteiger charge is 2.28. The van der Waals surface area contributed by atoms with E-state index < -0.39 is 0 Å². The molecule has 2 heterocycles.